The van der Waals surface area contributed by atoms with Crippen molar-refractivity contribution in [1.29, 1.82) is 0 Å². The molecule has 0 aliphatic carbocycles. The Morgan fingerprint density at radius 3 is 2.59 bits per heavy atom. The Balaban J connectivity index is 1.65. The van der Waals surface area contributed by atoms with Crippen molar-refractivity contribution in [3.05, 3.63) is 93.3 Å². The van der Waals surface area contributed by atoms with E-state index >= 15 is 0 Å². The second-order valence-corrected chi connectivity index (χ2v) is 8.04. The molecule has 4 rings (SSSR count). The Morgan fingerprint density at radius 1 is 1.03 bits per heavy atom. The molecule has 1 atom stereocenters. The van der Waals surface area contributed by atoms with E-state index in [1.165, 1.54) is 4.90 Å². The molecule has 0 aliphatic heterocycles. The molecule has 0 saturated carbocycles. The van der Waals surface area contributed by atoms with E-state index in [9.17, 15) is 4.79 Å². The van der Waals surface area contributed by atoms with Crippen molar-refractivity contribution in [2.75, 3.05) is 20.6 Å². The largest absolute Gasteiger partial charge is 0.423 e. The standard InChI is InChI=1S/C24H23ClN2O2/c1-27(2)21(19-9-5-6-10-20(19)25)15-26-14-17-13-23(28)29-22-12-11-16-7-3-4-8-18(16)24(17)22/h3-13,21,26H,14-15H2,1-2H3/p+2/t21-/m0/s1. The molecule has 4 nitrogen and oxygen atoms in total. The Hall–Kier alpha value is -2.66. The lowest BCUT2D eigenvalue weighted by Gasteiger charge is -2.21. The third kappa shape index (κ3) is 4.06. The van der Waals surface area contributed by atoms with Crippen LogP contribution in [0.2, 0.25) is 5.02 Å². The molecule has 29 heavy (non-hydrogen) atoms. The van der Waals surface area contributed by atoms with Crippen molar-refractivity contribution in [3.8, 4) is 0 Å². The molecular weight excluding hydrogens is 384 g/mol. The first kappa shape index (κ1) is 19.6. The van der Waals surface area contributed by atoms with Crippen LogP contribution in [-0.4, -0.2) is 20.6 Å². The molecule has 3 aromatic carbocycles. The number of fused-ring (bicyclic) bond motifs is 3. The fraction of sp³-hybridized carbons (Fsp3) is 0.208. The predicted molar refractivity (Wildman–Crippen MR) is 117 cm³/mol. The summed E-state index contributed by atoms with van der Waals surface area (Å²) < 4.78 is 5.47. The number of nitrogens with one attached hydrogen (secondary N) is 1. The van der Waals surface area contributed by atoms with Crippen LogP contribution in [0.5, 0.6) is 0 Å². The van der Waals surface area contributed by atoms with Crippen LogP contribution in [-0.2, 0) is 6.54 Å². The molecule has 3 N–H and O–H groups in total. The van der Waals surface area contributed by atoms with Gasteiger partial charge in [-0.25, -0.2) is 4.79 Å². The molecule has 148 valence electrons. The number of likely N-dealkylation sites (N-methyl/N-ethyl adjacent to an activating group) is 1. The molecule has 1 heterocycles. The highest BCUT2D eigenvalue weighted by Gasteiger charge is 2.22. The average Bonchev–Trinajstić information content (AvgIpc) is 2.71. The van der Waals surface area contributed by atoms with E-state index in [0.717, 1.165) is 38.9 Å². The van der Waals surface area contributed by atoms with Crippen molar-refractivity contribution >= 4 is 33.3 Å². The second-order valence-electron chi connectivity index (χ2n) is 7.63. The highest BCUT2D eigenvalue weighted by molar-refractivity contribution is 6.31. The van der Waals surface area contributed by atoms with Crippen LogP contribution < -0.4 is 15.8 Å². The highest BCUT2D eigenvalue weighted by atomic mass is 35.5. The molecule has 4 aromatic rings. The number of hydrogen-bond acceptors (Lipinski definition) is 2. The summed E-state index contributed by atoms with van der Waals surface area (Å²) in [5.74, 6) is 0. The summed E-state index contributed by atoms with van der Waals surface area (Å²) in [5.41, 5.74) is 2.48. The van der Waals surface area contributed by atoms with Gasteiger partial charge in [0.1, 0.15) is 18.7 Å². The van der Waals surface area contributed by atoms with Gasteiger partial charge in [0.15, 0.2) is 6.04 Å². The molecule has 0 radical (unpaired) electrons. The van der Waals surface area contributed by atoms with Crippen molar-refractivity contribution in [1.82, 2.24) is 0 Å². The van der Waals surface area contributed by atoms with E-state index in [-0.39, 0.29) is 11.7 Å². The lowest BCUT2D eigenvalue weighted by molar-refractivity contribution is -0.910. The first-order valence-electron chi connectivity index (χ1n) is 9.85. The summed E-state index contributed by atoms with van der Waals surface area (Å²) in [5, 5.41) is 6.31. The van der Waals surface area contributed by atoms with Crippen LogP contribution in [0, 0.1) is 0 Å². The highest BCUT2D eigenvalue weighted by Crippen LogP contribution is 2.27. The van der Waals surface area contributed by atoms with Gasteiger partial charge >= 0.3 is 5.63 Å². The Bertz CT molecular complexity index is 1220. The van der Waals surface area contributed by atoms with Gasteiger partial charge in [0.2, 0.25) is 0 Å². The van der Waals surface area contributed by atoms with Crippen LogP contribution in [0.15, 0.2) is 75.9 Å². The van der Waals surface area contributed by atoms with Crippen molar-refractivity contribution in [2.45, 2.75) is 12.6 Å². The van der Waals surface area contributed by atoms with Gasteiger partial charge in [-0.15, -0.1) is 0 Å². The van der Waals surface area contributed by atoms with Gasteiger partial charge in [0.05, 0.1) is 14.1 Å². The Kier molecular flexibility index (Phi) is 5.67. The van der Waals surface area contributed by atoms with E-state index in [1.807, 2.05) is 42.5 Å². The molecule has 0 fully saturated rings. The van der Waals surface area contributed by atoms with Crippen LogP contribution in [0.4, 0.5) is 0 Å². The first-order valence-corrected chi connectivity index (χ1v) is 10.2. The first-order chi connectivity index (χ1) is 14.0. The van der Waals surface area contributed by atoms with Crippen molar-refractivity contribution in [3.63, 3.8) is 0 Å². The van der Waals surface area contributed by atoms with E-state index in [2.05, 4.69) is 37.6 Å². The number of benzene rings is 3. The molecule has 0 aliphatic rings. The van der Waals surface area contributed by atoms with Crippen LogP contribution in [0.1, 0.15) is 17.2 Å². The second kappa shape index (κ2) is 8.37. The molecule has 0 amide bonds. The van der Waals surface area contributed by atoms with Gasteiger partial charge in [-0.05, 0) is 22.9 Å². The molecular formula is C24H25ClN2O2+2. The van der Waals surface area contributed by atoms with E-state index in [4.69, 9.17) is 16.0 Å². The van der Waals surface area contributed by atoms with Gasteiger partial charge in [-0.1, -0.05) is 60.1 Å². The summed E-state index contributed by atoms with van der Waals surface area (Å²) in [6.45, 7) is 1.56. The molecule has 5 heteroatoms. The minimum atomic E-state index is -0.308. The quantitative estimate of drug-likeness (QED) is 0.380. The minimum Gasteiger partial charge on any atom is -0.423 e. The SMILES string of the molecule is C[NH+](C)[C@@H](C[NH2+]Cc1cc(=O)oc2ccc3ccccc3c12)c1ccccc1Cl. The number of quaternary nitrogens is 2. The zero-order chi connectivity index (χ0) is 20.4. The van der Waals surface area contributed by atoms with E-state index in [1.54, 1.807) is 6.07 Å². The molecule has 0 saturated heterocycles. The van der Waals surface area contributed by atoms with Gasteiger partial charge in [0, 0.05) is 27.6 Å². The summed E-state index contributed by atoms with van der Waals surface area (Å²) in [7, 11) is 4.28. The van der Waals surface area contributed by atoms with E-state index in [0.29, 0.717) is 12.1 Å². The zero-order valence-corrected chi connectivity index (χ0v) is 17.4. The number of halogens is 1. The van der Waals surface area contributed by atoms with Crippen molar-refractivity contribution < 1.29 is 14.6 Å². The van der Waals surface area contributed by atoms with Gasteiger partial charge in [-0.3, -0.25) is 0 Å². The van der Waals surface area contributed by atoms with Crippen LogP contribution in [0.25, 0.3) is 21.7 Å². The molecule has 1 aromatic heterocycles. The van der Waals surface area contributed by atoms with Gasteiger partial charge in [-0.2, -0.15) is 0 Å². The Labute approximate surface area is 174 Å². The number of hydrogen-bond donors (Lipinski definition) is 2. The average molecular weight is 409 g/mol. The lowest BCUT2D eigenvalue weighted by Crippen LogP contribution is -3.09. The fourth-order valence-electron chi connectivity index (χ4n) is 4.02. The maximum atomic E-state index is 12.1. The van der Waals surface area contributed by atoms with Crippen LogP contribution in [0.3, 0.4) is 0 Å². The van der Waals surface area contributed by atoms with E-state index < -0.39 is 0 Å². The third-order valence-corrected chi connectivity index (χ3v) is 5.80. The zero-order valence-electron chi connectivity index (χ0n) is 16.6. The van der Waals surface area contributed by atoms with Crippen LogP contribution >= 0.6 is 11.6 Å². The maximum absolute atomic E-state index is 12.1. The third-order valence-electron chi connectivity index (χ3n) is 5.46. The minimum absolute atomic E-state index is 0.256. The molecule has 0 spiro atoms. The van der Waals surface area contributed by atoms with Gasteiger partial charge < -0.3 is 14.6 Å². The monoisotopic (exact) mass is 408 g/mol. The lowest BCUT2D eigenvalue weighted by atomic mass is 10.0. The topological polar surface area (TPSA) is 51.3 Å². The molecule has 0 bridgehead atoms. The predicted octanol–water partition coefficient (Wildman–Crippen LogP) is 2.55. The summed E-state index contributed by atoms with van der Waals surface area (Å²) in [6.07, 6.45) is 0. The summed E-state index contributed by atoms with van der Waals surface area (Å²) in [6, 6.07) is 22.0. The fourth-order valence-corrected chi connectivity index (χ4v) is 4.29. The number of nitrogens with two attached hydrogens (primary N) is 1. The smallest absolute Gasteiger partial charge is 0.336 e. The molecule has 0 unspecified atom stereocenters. The Morgan fingerprint density at radius 2 is 1.79 bits per heavy atom. The summed E-state index contributed by atoms with van der Waals surface area (Å²) in [4.78, 5) is 13.4. The number of rotatable bonds is 6. The van der Waals surface area contributed by atoms with Gasteiger partial charge in [0.25, 0.3) is 0 Å². The van der Waals surface area contributed by atoms with Crippen molar-refractivity contribution in [2.24, 2.45) is 0 Å². The normalized spacial score (nSPS) is 12.7. The summed E-state index contributed by atoms with van der Waals surface area (Å²) >= 11 is 6.44. The maximum Gasteiger partial charge on any atom is 0.336 e.